The smallest absolute Gasteiger partial charge is 0.0549 e. The van der Waals surface area contributed by atoms with Gasteiger partial charge in [0.05, 0.1) is 38.8 Å². The minimum atomic E-state index is 1.15. The summed E-state index contributed by atoms with van der Waals surface area (Å²) in [5.74, 6) is 0. The average Bonchev–Trinajstić information content (AvgIpc) is 3.93. The lowest BCUT2D eigenvalue weighted by Gasteiger charge is -2.19. The van der Waals surface area contributed by atoms with Gasteiger partial charge in [-0.05, 0) is 77.9 Å². The molecule has 0 radical (unpaired) electrons. The number of nitrogens with zero attached hydrogens (tertiary/aromatic N) is 3. The van der Waals surface area contributed by atoms with E-state index < -0.39 is 0 Å². The molecule has 0 N–H and O–H groups in total. The summed E-state index contributed by atoms with van der Waals surface area (Å²) in [5, 5.41) is 7.52. The highest BCUT2D eigenvalue weighted by Gasteiger charge is 2.25. The number of fused-ring (bicyclic) bond motifs is 10. The van der Waals surface area contributed by atoms with Gasteiger partial charge in [0.1, 0.15) is 0 Å². The van der Waals surface area contributed by atoms with Crippen molar-refractivity contribution in [2.75, 3.05) is 0 Å². The van der Waals surface area contributed by atoms with Crippen molar-refractivity contribution in [1.29, 1.82) is 0 Å². The van der Waals surface area contributed by atoms with E-state index in [0.29, 0.717) is 0 Å². The Kier molecular flexibility index (Phi) is 6.93. The predicted octanol–water partition coefficient (Wildman–Crippen LogP) is 14.3. The molecule has 3 aromatic heterocycles. The van der Waals surface area contributed by atoms with E-state index in [-0.39, 0.29) is 0 Å². The average molecular weight is 726 g/mol. The van der Waals surface area contributed by atoms with Gasteiger partial charge in [-0.15, -0.1) is 0 Å². The van der Waals surface area contributed by atoms with E-state index in [1.807, 2.05) is 0 Å². The molecule has 0 aliphatic heterocycles. The number of benzene rings is 9. The minimum Gasteiger partial charge on any atom is -0.309 e. The van der Waals surface area contributed by atoms with Crippen LogP contribution in [-0.2, 0) is 0 Å². The molecule has 0 aliphatic rings. The highest BCUT2D eigenvalue weighted by molar-refractivity contribution is 6.29. The SMILES string of the molecule is c1ccc(-c2ccc3c(c2-c2ccccc2-n2c4ccccc4c4c5c6ccccc6n(-c6ccccc6)c5ccc42)c2ccccc2n3-c2ccccc2)cc1. The molecule has 0 unspecified atom stereocenters. The van der Waals surface area contributed by atoms with Crippen molar-refractivity contribution < 1.29 is 0 Å². The Labute approximate surface area is 329 Å². The number of aromatic nitrogens is 3. The molecule has 0 atom stereocenters. The van der Waals surface area contributed by atoms with E-state index in [0.717, 1.165) is 17.1 Å². The topological polar surface area (TPSA) is 14.8 Å². The van der Waals surface area contributed by atoms with Crippen molar-refractivity contribution in [3.05, 3.63) is 212 Å². The fourth-order valence-electron chi connectivity index (χ4n) is 9.57. The third-order valence-corrected chi connectivity index (χ3v) is 11.8. The second-order valence-corrected chi connectivity index (χ2v) is 14.8. The normalized spacial score (nSPS) is 11.9. The lowest BCUT2D eigenvalue weighted by Crippen LogP contribution is -1.99. The summed E-state index contributed by atoms with van der Waals surface area (Å²) in [6.07, 6.45) is 0. The summed E-state index contributed by atoms with van der Waals surface area (Å²) in [7, 11) is 0. The maximum absolute atomic E-state index is 2.51. The Balaban J connectivity index is 1.23. The van der Waals surface area contributed by atoms with Gasteiger partial charge >= 0.3 is 0 Å². The zero-order valence-corrected chi connectivity index (χ0v) is 31.0. The second-order valence-electron chi connectivity index (χ2n) is 14.8. The third-order valence-electron chi connectivity index (χ3n) is 11.8. The number of hydrogen-bond acceptors (Lipinski definition) is 0. The van der Waals surface area contributed by atoms with Crippen LogP contribution in [0.4, 0.5) is 0 Å². The second kappa shape index (κ2) is 12.5. The summed E-state index contributed by atoms with van der Waals surface area (Å²) < 4.78 is 7.35. The standard InChI is InChI=1S/C54H35N3/c1-4-18-36(19-5-1)39-32-33-48-52(41-25-11-14-28-44(41)55(48)37-20-6-2-7-21-37)51(39)40-24-10-16-30-46(40)57-47-31-17-13-27-43(47)54-50(57)35-34-49-53(54)42-26-12-15-29-45(42)56(49)38-22-8-3-9-23-38/h1-35H. The molecular formula is C54H35N3. The highest BCUT2D eigenvalue weighted by Crippen LogP contribution is 2.48. The van der Waals surface area contributed by atoms with Gasteiger partial charge in [-0.1, -0.05) is 146 Å². The zero-order chi connectivity index (χ0) is 37.5. The molecule has 57 heavy (non-hydrogen) atoms. The lowest BCUT2D eigenvalue weighted by atomic mass is 9.89. The predicted molar refractivity (Wildman–Crippen MR) is 240 cm³/mol. The van der Waals surface area contributed by atoms with Crippen molar-refractivity contribution in [2.45, 2.75) is 0 Å². The van der Waals surface area contributed by atoms with E-state index in [9.17, 15) is 0 Å². The molecule has 12 rings (SSSR count). The first-order chi connectivity index (χ1) is 28.3. The first-order valence-corrected chi connectivity index (χ1v) is 19.6. The largest absolute Gasteiger partial charge is 0.309 e. The lowest BCUT2D eigenvalue weighted by molar-refractivity contribution is 1.17. The van der Waals surface area contributed by atoms with Crippen LogP contribution in [0.2, 0.25) is 0 Å². The molecule has 0 aliphatic carbocycles. The van der Waals surface area contributed by atoms with Crippen LogP contribution >= 0.6 is 0 Å². The van der Waals surface area contributed by atoms with E-state index >= 15 is 0 Å². The molecule has 0 fully saturated rings. The van der Waals surface area contributed by atoms with Crippen molar-refractivity contribution in [3.8, 4) is 39.3 Å². The first-order valence-electron chi connectivity index (χ1n) is 19.6. The van der Waals surface area contributed by atoms with E-state index in [4.69, 9.17) is 0 Å². The van der Waals surface area contributed by atoms with Crippen LogP contribution in [0.1, 0.15) is 0 Å². The quantitative estimate of drug-likeness (QED) is 0.168. The maximum atomic E-state index is 2.51. The maximum Gasteiger partial charge on any atom is 0.0549 e. The Hall–Kier alpha value is -7.62. The Morgan fingerprint density at radius 1 is 0.246 bits per heavy atom. The van der Waals surface area contributed by atoms with Crippen LogP contribution in [-0.4, -0.2) is 13.7 Å². The van der Waals surface area contributed by atoms with Crippen molar-refractivity contribution >= 4 is 65.4 Å². The molecule has 0 saturated carbocycles. The first kappa shape index (κ1) is 31.7. The summed E-state index contributed by atoms with van der Waals surface area (Å²) >= 11 is 0. The molecule has 0 amide bonds. The Morgan fingerprint density at radius 3 is 1.23 bits per heavy atom. The van der Waals surface area contributed by atoms with Gasteiger partial charge in [-0.2, -0.15) is 0 Å². The Morgan fingerprint density at radius 2 is 0.649 bits per heavy atom. The summed E-state index contributed by atoms with van der Waals surface area (Å²) in [6.45, 7) is 0. The van der Waals surface area contributed by atoms with Crippen LogP contribution in [0.25, 0.3) is 105 Å². The van der Waals surface area contributed by atoms with Crippen LogP contribution in [0, 0.1) is 0 Å². The van der Waals surface area contributed by atoms with Gasteiger partial charge in [-0.3, -0.25) is 0 Å². The summed E-state index contributed by atoms with van der Waals surface area (Å²) in [5.41, 5.74) is 15.4. The molecule has 0 saturated heterocycles. The molecule has 3 heterocycles. The fraction of sp³-hybridized carbons (Fsp3) is 0. The highest BCUT2D eigenvalue weighted by atomic mass is 15.0. The molecule has 3 heteroatoms. The number of rotatable bonds is 5. The van der Waals surface area contributed by atoms with Crippen molar-refractivity contribution in [1.82, 2.24) is 13.7 Å². The summed E-state index contributed by atoms with van der Waals surface area (Å²) in [6, 6.07) is 77.4. The van der Waals surface area contributed by atoms with Gasteiger partial charge in [0, 0.05) is 54.8 Å². The van der Waals surface area contributed by atoms with Gasteiger partial charge in [0.2, 0.25) is 0 Å². The molecule has 0 spiro atoms. The fourth-order valence-corrected chi connectivity index (χ4v) is 9.57. The third kappa shape index (κ3) is 4.60. The van der Waals surface area contributed by atoms with Crippen LogP contribution in [0.3, 0.4) is 0 Å². The number of para-hydroxylation sites is 6. The molecule has 9 aromatic carbocycles. The number of hydrogen-bond donors (Lipinski definition) is 0. The van der Waals surface area contributed by atoms with Crippen LogP contribution in [0.5, 0.6) is 0 Å². The Bertz CT molecular complexity index is 3500. The van der Waals surface area contributed by atoms with E-state index in [1.165, 1.54) is 87.7 Å². The molecule has 0 bridgehead atoms. The summed E-state index contributed by atoms with van der Waals surface area (Å²) in [4.78, 5) is 0. The molecule has 3 nitrogen and oxygen atoms in total. The molecule has 266 valence electrons. The van der Waals surface area contributed by atoms with Gasteiger partial charge < -0.3 is 13.7 Å². The zero-order valence-electron chi connectivity index (χ0n) is 31.0. The van der Waals surface area contributed by atoms with Crippen LogP contribution < -0.4 is 0 Å². The van der Waals surface area contributed by atoms with Gasteiger partial charge in [0.25, 0.3) is 0 Å². The molecular weight excluding hydrogens is 691 g/mol. The molecule has 12 aromatic rings. The van der Waals surface area contributed by atoms with Gasteiger partial charge in [-0.25, -0.2) is 0 Å². The van der Waals surface area contributed by atoms with Crippen molar-refractivity contribution in [2.24, 2.45) is 0 Å². The van der Waals surface area contributed by atoms with Gasteiger partial charge in [0.15, 0.2) is 0 Å². The minimum absolute atomic E-state index is 1.15. The van der Waals surface area contributed by atoms with E-state index in [1.54, 1.807) is 0 Å². The monoisotopic (exact) mass is 725 g/mol. The van der Waals surface area contributed by atoms with E-state index in [2.05, 4.69) is 226 Å². The van der Waals surface area contributed by atoms with Crippen LogP contribution in [0.15, 0.2) is 212 Å². The van der Waals surface area contributed by atoms with Crippen molar-refractivity contribution in [3.63, 3.8) is 0 Å².